The lowest BCUT2D eigenvalue weighted by atomic mass is 10.2. The molecule has 1 aromatic rings. The number of amides is 1. The first kappa shape index (κ1) is 12.8. The maximum absolute atomic E-state index is 10.9. The van der Waals surface area contributed by atoms with Crippen LogP contribution in [0.25, 0.3) is 0 Å². The fourth-order valence-corrected chi connectivity index (χ4v) is 0.983. The van der Waals surface area contributed by atoms with Crippen molar-refractivity contribution in [1.29, 1.82) is 0 Å². The summed E-state index contributed by atoms with van der Waals surface area (Å²) in [6.45, 7) is 1.30. The van der Waals surface area contributed by atoms with Crippen LogP contribution in [0.5, 0.6) is 0 Å². The minimum Gasteiger partial charge on any atom is -0.383 e. The molecule has 0 spiro atoms. The molecule has 1 amide bonds. The molecule has 90 valence electrons. The van der Waals surface area contributed by atoms with Crippen LogP contribution in [0.3, 0.4) is 0 Å². The molecular formula is C10H11N3O4. The van der Waals surface area contributed by atoms with Crippen LogP contribution in [0.2, 0.25) is 0 Å². The van der Waals surface area contributed by atoms with Crippen molar-refractivity contribution in [3.8, 4) is 0 Å². The van der Waals surface area contributed by atoms with Gasteiger partial charge in [0.15, 0.2) is 0 Å². The highest BCUT2D eigenvalue weighted by Crippen LogP contribution is 2.11. The number of nitrogens with one attached hydrogen (secondary N) is 1. The predicted octanol–water partition coefficient (Wildman–Crippen LogP) is 0.426. The summed E-state index contributed by atoms with van der Waals surface area (Å²) in [7, 11) is 0. The average molecular weight is 237 g/mol. The number of benzene rings is 1. The van der Waals surface area contributed by atoms with Gasteiger partial charge in [0.25, 0.3) is 11.6 Å². The minimum atomic E-state index is -1.16. The van der Waals surface area contributed by atoms with E-state index in [0.717, 1.165) is 0 Å². The van der Waals surface area contributed by atoms with E-state index in [1.165, 1.54) is 31.3 Å². The zero-order valence-corrected chi connectivity index (χ0v) is 9.03. The zero-order valence-electron chi connectivity index (χ0n) is 9.03. The van der Waals surface area contributed by atoms with Gasteiger partial charge >= 0.3 is 0 Å². The van der Waals surface area contributed by atoms with Crippen LogP contribution in [0, 0.1) is 10.1 Å². The number of aliphatic hydroxyl groups is 1. The smallest absolute Gasteiger partial charge is 0.270 e. The van der Waals surface area contributed by atoms with E-state index in [1.54, 1.807) is 6.07 Å². The van der Waals surface area contributed by atoms with Crippen molar-refractivity contribution < 1.29 is 14.8 Å². The van der Waals surface area contributed by atoms with Gasteiger partial charge in [-0.3, -0.25) is 14.9 Å². The lowest BCUT2D eigenvalue weighted by molar-refractivity contribution is -0.384. The summed E-state index contributed by atoms with van der Waals surface area (Å²) in [5.74, 6) is -0.647. The quantitative estimate of drug-likeness (QED) is 0.450. The van der Waals surface area contributed by atoms with Gasteiger partial charge in [0.1, 0.15) is 6.10 Å². The molecule has 0 bridgehead atoms. The number of hydrogen-bond acceptors (Lipinski definition) is 5. The molecule has 1 atom stereocenters. The summed E-state index contributed by atoms with van der Waals surface area (Å²) in [5.41, 5.74) is 2.51. The Balaban J connectivity index is 2.68. The van der Waals surface area contributed by atoms with E-state index in [9.17, 15) is 14.9 Å². The fraction of sp³-hybridized carbons (Fsp3) is 0.200. The number of hydrazone groups is 1. The third kappa shape index (κ3) is 3.99. The Morgan fingerprint density at radius 2 is 2.35 bits per heavy atom. The highest BCUT2D eigenvalue weighted by molar-refractivity contribution is 5.84. The molecule has 1 rings (SSSR count). The Morgan fingerprint density at radius 3 is 2.94 bits per heavy atom. The van der Waals surface area contributed by atoms with E-state index in [4.69, 9.17) is 5.11 Å². The van der Waals surface area contributed by atoms with Gasteiger partial charge in [-0.1, -0.05) is 12.1 Å². The van der Waals surface area contributed by atoms with Gasteiger partial charge in [0.2, 0.25) is 0 Å². The Labute approximate surface area is 96.9 Å². The normalized spacial score (nSPS) is 12.4. The van der Waals surface area contributed by atoms with Gasteiger partial charge in [-0.2, -0.15) is 5.10 Å². The lowest BCUT2D eigenvalue weighted by Crippen LogP contribution is -2.28. The minimum absolute atomic E-state index is 0.0594. The van der Waals surface area contributed by atoms with E-state index in [0.29, 0.717) is 5.56 Å². The van der Waals surface area contributed by atoms with Crippen molar-refractivity contribution in [2.45, 2.75) is 13.0 Å². The molecular weight excluding hydrogens is 226 g/mol. The Kier molecular flexibility index (Phi) is 4.29. The number of aliphatic hydroxyl groups excluding tert-OH is 1. The predicted molar refractivity (Wildman–Crippen MR) is 60.5 cm³/mol. The Hall–Kier alpha value is -2.28. The van der Waals surface area contributed by atoms with Gasteiger partial charge < -0.3 is 5.11 Å². The largest absolute Gasteiger partial charge is 0.383 e. The van der Waals surface area contributed by atoms with Crippen molar-refractivity contribution in [2.75, 3.05) is 0 Å². The van der Waals surface area contributed by atoms with Gasteiger partial charge in [0.05, 0.1) is 11.1 Å². The molecule has 17 heavy (non-hydrogen) atoms. The molecule has 1 aromatic carbocycles. The third-order valence-corrected chi connectivity index (χ3v) is 1.85. The monoisotopic (exact) mass is 237 g/mol. The summed E-state index contributed by atoms with van der Waals surface area (Å²) in [4.78, 5) is 20.9. The number of non-ortho nitro benzene ring substituents is 1. The van der Waals surface area contributed by atoms with E-state index in [-0.39, 0.29) is 5.69 Å². The number of carbonyl (C=O) groups excluding carboxylic acids is 1. The van der Waals surface area contributed by atoms with E-state index in [1.807, 2.05) is 0 Å². The standard InChI is InChI=1S/C10H11N3O4/c1-7(14)10(15)12-11-6-8-3-2-4-9(5-8)13(16)17/h2-7,14H,1H3,(H,12,15)/b11-6-/t7-/m1/s1. The Bertz CT molecular complexity index is 457. The van der Waals surface area contributed by atoms with Gasteiger partial charge in [-0.05, 0) is 6.92 Å². The van der Waals surface area contributed by atoms with Crippen LogP contribution in [-0.2, 0) is 4.79 Å². The number of carbonyl (C=O) groups is 1. The second-order valence-corrected chi connectivity index (χ2v) is 3.26. The summed E-state index contributed by atoms with van der Waals surface area (Å²) in [5, 5.41) is 22.9. The molecule has 7 nitrogen and oxygen atoms in total. The fourth-order valence-electron chi connectivity index (χ4n) is 0.983. The highest BCUT2D eigenvalue weighted by atomic mass is 16.6. The molecule has 0 saturated heterocycles. The SMILES string of the molecule is C[C@@H](O)C(=O)N/N=C\c1cccc([N+](=O)[O-])c1. The lowest BCUT2D eigenvalue weighted by Gasteiger charge is -2.00. The van der Waals surface area contributed by atoms with E-state index >= 15 is 0 Å². The summed E-state index contributed by atoms with van der Waals surface area (Å²) in [6.07, 6.45) is 0.102. The number of hydrogen-bond donors (Lipinski definition) is 2. The molecule has 0 aliphatic rings. The van der Waals surface area contributed by atoms with Crippen molar-refractivity contribution in [3.05, 3.63) is 39.9 Å². The van der Waals surface area contributed by atoms with Crippen LogP contribution < -0.4 is 5.43 Å². The van der Waals surface area contributed by atoms with Gasteiger partial charge in [0, 0.05) is 17.7 Å². The van der Waals surface area contributed by atoms with Crippen LogP contribution in [0.15, 0.2) is 29.4 Å². The number of rotatable bonds is 4. The van der Waals surface area contributed by atoms with Crippen molar-refractivity contribution in [1.82, 2.24) is 5.43 Å². The van der Waals surface area contributed by atoms with Crippen LogP contribution >= 0.6 is 0 Å². The second-order valence-electron chi connectivity index (χ2n) is 3.26. The topological polar surface area (TPSA) is 105 Å². The number of nitrogens with zero attached hydrogens (tertiary/aromatic N) is 2. The molecule has 0 fully saturated rings. The third-order valence-electron chi connectivity index (χ3n) is 1.85. The first-order valence-corrected chi connectivity index (χ1v) is 4.76. The molecule has 2 N–H and O–H groups in total. The maximum Gasteiger partial charge on any atom is 0.270 e. The summed E-state index contributed by atoms with van der Waals surface area (Å²) < 4.78 is 0. The van der Waals surface area contributed by atoms with Crippen molar-refractivity contribution in [2.24, 2.45) is 5.10 Å². The van der Waals surface area contributed by atoms with E-state index < -0.39 is 16.9 Å². The molecule has 0 saturated carbocycles. The van der Waals surface area contributed by atoms with Crippen molar-refractivity contribution in [3.63, 3.8) is 0 Å². The average Bonchev–Trinajstić information content (AvgIpc) is 2.29. The first-order chi connectivity index (χ1) is 8.00. The zero-order chi connectivity index (χ0) is 12.8. The van der Waals surface area contributed by atoms with E-state index in [2.05, 4.69) is 10.5 Å². The molecule has 7 heteroatoms. The Morgan fingerprint density at radius 1 is 1.65 bits per heavy atom. The molecule has 0 unspecified atom stereocenters. The van der Waals surface area contributed by atoms with Crippen LogP contribution in [0.1, 0.15) is 12.5 Å². The summed E-state index contributed by atoms with van der Waals surface area (Å²) in [6, 6.07) is 5.78. The number of nitro benzene ring substituents is 1. The molecule has 0 heterocycles. The number of nitro groups is 1. The second kappa shape index (κ2) is 5.71. The van der Waals surface area contributed by atoms with Crippen LogP contribution in [-0.4, -0.2) is 28.3 Å². The molecule has 0 aliphatic carbocycles. The summed E-state index contributed by atoms with van der Waals surface area (Å²) >= 11 is 0. The molecule has 0 aliphatic heterocycles. The molecule has 0 radical (unpaired) electrons. The maximum atomic E-state index is 10.9. The molecule has 0 aromatic heterocycles. The van der Waals surface area contributed by atoms with Gasteiger partial charge in [-0.25, -0.2) is 5.43 Å². The van der Waals surface area contributed by atoms with Crippen LogP contribution in [0.4, 0.5) is 5.69 Å². The first-order valence-electron chi connectivity index (χ1n) is 4.76. The van der Waals surface area contributed by atoms with Gasteiger partial charge in [-0.15, -0.1) is 0 Å². The van der Waals surface area contributed by atoms with Crippen molar-refractivity contribution >= 4 is 17.8 Å². The highest BCUT2D eigenvalue weighted by Gasteiger charge is 2.06.